The number of aliphatic hydroxyl groups excluding tert-OH is 2. The van der Waals surface area contributed by atoms with Gasteiger partial charge in [0.1, 0.15) is 22.8 Å². The molecule has 9 nitrogen and oxygen atoms in total. The molecule has 0 unspecified atom stereocenters. The number of hydrogen-bond donors (Lipinski definition) is 5. The summed E-state index contributed by atoms with van der Waals surface area (Å²) in [6.07, 6.45) is 3.55. The van der Waals surface area contributed by atoms with Crippen LogP contribution in [0.1, 0.15) is 60.5 Å². The Balaban J connectivity index is 1.88. The number of allylic oxidation sites excluding steroid dienone is 2. The molecule has 0 bridgehead atoms. The van der Waals surface area contributed by atoms with E-state index in [1.807, 2.05) is 25.1 Å². The summed E-state index contributed by atoms with van der Waals surface area (Å²) >= 11 is 0. The van der Waals surface area contributed by atoms with Gasteiger partial charge in [0, 0.05) is 37.7 Å². The molecule has 188 valence electrons. The Bertz CT molecular complexity index is 1200. The molecule has 35 heavy (non-hydrogen) atoms. The quantitative estimate of drug-likeness (QED) is 0.304. The highest BCUT2D eigenvalue weighted by Gasteiger charge is 2.59. The highest BCUT2D eigenvalue weighted by molar-refractivity contribution is 6.24. The van der Waals surface area contributed by atoms with Crippen LogP contribution in [-0.2, 0) is 22.4 Å². The van der Waals surface area contributed by atoms with Crippen LogP contribution in [0.2, 0.25) is 0 Å². The van der Waals surface area contributed by atoms with Crippen LogP contribution in [0.25, 0.3) is 0 Å². The van der Waals surface area contributed by atoms with Gasteiger partial charge in [-0.1, -0.05) is 19.8 Å². The van der Waals surface area contributed by atoms with E-state index >= 15 is 0 Å². The second-order valence-electron chi connectivity index (χ2n) is 10.0. The normalized spacial score (nSPS) is 25.8. The molecule has 0 fully saturated rings. The predicted molar refractivity (Wildman–Crippen MR) is 128 cm³/mol. The van der Waals surface area contributed by atoms with E-state index < -0.39 is 52.0 Å². The lowest BCUT2D eigenvalue weighted by molar-refractivity contribution is -0.144. The van der Waals surface area contributed by atoms with Crippen LogP contribution >= 0.6 is 0 Å². The zero-order valence-corrected chi connectivity index (χ0v) is 20.2. The largest absolute Gasteiger partial charge is 0.511 e. The molecule has 6 N–H and O–H groups in total. The number of fused-ring (bicyclic) bond motifs is 3. The number of phenols is 1. The van der Waals surface area contributed by atoms with Crippen molar-refractivity contribution >= 4 is 23.2 Å². The van der Waals surface area contributed by atoms with E-state index in [0.717, 1.165) is 24.9 Å². The number of aromatic hydroxyl groups is 1. The molecule has 0 aromatic heterocycles. The smallest absolute Gasteiger partial charge is 0.255 e. The lowest BCUT2D eigenvalue weighted by Gasteiger charge is -2.46. The summed E-state index contributed by atoms with van der Waals surface area (Å²) in [5.74, 6) is -6.06. The number of phenolic OH excluding ortho intramolecular Hbond substituents is 1. The van der Waals surface area contributed by atoms with E-state index in [1.54, 1.807) is 0 Å². The number of carbonyl (C=O) groups is 3. The monoisotopic (exact) mass is 484 g/mol. The summed E-state index contributed by atoms with van der Waals surface area (Å²) < 4.78 is 0. The summed E-state index contributed by atoms with van der Waals surface area (Å²) in [5.41, 5.74) is 3.90. The number of nitrogens with zero attached hydrogens (tertiary/aromatic N) is 1. The topological polar surface area (TPSA) is 161 Å². The zero-order valence-electron chi connectivity index (χ0n) is 20.2. The first kappa shape index (κ1) is 24.8. The minimum absolute atomic E-state index is 0.0688. The summed E-state index contributed by atoms with van der Waals surface area (Å²) in [6, 6.07) is 1.89. The first-order valence-corrected chi connectivity index (χ1v) is 12.0. The van der Waals surface area contributed by atoms with Crippen molar-refractivity contribution in [3.8, 4) is 5.75 Å². The Kier molecular flexibility index (Phi) is 6.17. The van der Waals surface area contributed by atoms with Crippen molar-refractivity contribution in [1.29, 1.82) is 0 Å². The number of amides is 1. The fourth-order valence-corrected chi connectivity index (χ4v) is 5.88. The van der Waals surface area contributed by atoms with Crippen molar-refractivity contribution in [2.24, 2.45) is 17.6 Å². The van der Waals surface area contributed by atoms with Gasteiger partial charge >= 0.3 is 0 Å². The van der Waals surface area contributed by atoms with Crippen molar-refractivity contribution in [3.63, 3.8) is 0 Å². The number of primary amides is 1. The Morgan fingerprint density at radius 2 is 1.86 bits per heavy atom. The number of ketones is 2. The Morgan fingerprint density at radius 3 is 2.46 bits per heavy atom. The molecule has 0 saturated heterocycles. The van der Waals surface area contributed by atoms with Crippen molar-refractivity contribution in [3.05, 3.63) is 45.4 Å². The summed E-state index contributed by atoms with van der Waals surface area (Å²) in [5, 5.41) is 43.9. The van der Waals surface area contributed by atoms with Crippen LogP contribution in [0.15, 0.2) is 28.7 Å². The molecule has 0 radical (unpaired) electrons. The first-order valence-electron chi connectivity index (χ1n) is 12.0. The molecule has 3 aliphatic carbocycles. The number of anilines is 1. The lowest BCUT2D eigenvalue weighted by atomic mass is 9.60. The van der Waals surface area contributed by atoms with Gasteiger partial charge in [-0.3, -0.25) is 14.4 Å². The van der Waals surface area contributed by atoms with Gasteiger partial charge < -0.3 is 31.1 Å². The van der Waals surface area contributed by atoms with Crippen LogP contribution in [-0.4, -0.2) is 57.6 Å². The maximum atomic E-state index is 13.8. The number of Topliss-reactive ketones (excluding diaryl/α,β-unsaturated/α-hetero) is 2. The second kappa shape index (κ2) is 8.71. The van der Waals surface area contributed by atoms with Gasteiger partial charge in [0.15, 0.2) is 11.4 Å². The zero-order chi connectivity index (χ0) is 25.8. The van der Waals surface area contributed by atoms with Gasteiger partial charge in [0.05, 0.1) is 5.56 Å². The van der Waals surface area contributed by atoms with E-state index in [2.05, 4.69) is 6.92 Å². The lowest BCUT2D eigenvalue weighted by Crippen LogP contribution is -2.57. The number of benzene rings is 1. The Labute approximate surface area is 203 Å². The third kappa shape index (κ3) is 3.60. The summed E-state index contributed by atoms with van der Waals surface area (Å²) in [6.45, 7) is 2.07. The van der Waals surface area contributed by atoms with E-state index in [-0.39, 0.29) is 29.7 Å². The van der Waals surface area contributed by atoms with E-state index in [4.69, 9.17) is 5.73 Å². The van der Waals surface area contributed by atoms with Crippen LogP contribution < -0.4 is 10.6 Å². The molecule has 0 saturated carbocycles. The number of hydrogen-bond acceptors (Lipinski definition) is 8. The molecule has 9 heteroatoms. The van der Waals surface area contributed by atoms with Crippen LogP contribution in [0.5, 0.6) is 5.75 Å². The van der Waals surface area contributed by atoms with Crippen LogP contribution in [0, 0.1) is 11.8 Å². The summed E-state index contributed by atoms with van der Waals surface area (Å²) in [7, 11) is 3.70. The number of unbranched alkanes of at least 4 members (excludes halogenated alkanes) is 2. The fourth-order valence-electron chi connectivity index (χ4n) is 5.88. The van der Waals surface area contributed by atoms with E-state index in [9.17, 15) is 34.8 Å². The molecule has 1 aromatic rings. The van der Waals surface area contributed by atoms with Gasteiger partial charge in [0.25, 0.3) is 5.91 Å². The van der Waals surface area contributed by atoms with Gasteiger partial charge in [-0.15, -0.1) is 0 Å². The van der Waals surface area contributed by atoms with E-state index in [1.165, 1.54) is 0 Å². The first-order chi connectivity index (χ1) is 16.4. The third-order valence-electron chi connectivity index (χ3n) is 7.65. The van der Waals surface area contributed by atoms with E-state index in [0.29, 0.717) is 24.0 Å². The molecule has 3 aliphatic rings. The highest BCUT2D eigenvalue weighted by Crippen LogP contribution is 2.52. The van der Waals surface area contributed by atoms with Crippen molar-refractivity contribution < 1.29 is 34.8 Å². The van der Waals surface area contributed by atoms with Crippen molar-refractivity contribution in [1.82, 2.24) is 0 Å². The molecular weight excluding hydrogens is 452 g/mol. The third-order valence-corrected chi connectivity index (χ3v) is 7.65. The Morgan fingerprint density at radius 1 is 1.17 bits per heavy atom. The fraction of sp³-hybridized carbons (Fsp3) is 0.500. The number of aliphatic hydroxyl groups is 3. The number of rotatable bonds is 6. The van der Waals surface area contributed by atoms with Gasteiger partial charge in [-0.25, -0.2) is 0 Å². The number of nitrogens with two attached hydrogens (primary N) is 1. The van der Waals surface area contributed by atoms with Gasteiger partial charge in [0.2, 0.25) is 5.78 Å². The average molecular weight is 485 g/mol. The molecular formula is C26H32N2O7. The molecule has 0 aliphatic heterocycles. The molecule has 1 aromatic carbocycles. The van der Waals surface area contributed by atoms with Crippen molar-refractivity contribution in [2.45, 2.75) is 57.5 Å². The maximum absolute atomic E-state index is 13.8. The SMILES string of the molecule is CCCCCc1cc(N(C)C)c2c(c1O)C(=O)C1=C(O)[C@]3(O)C(=O)C(C(N)=O)=C(O)C[C@@H]3C[C@@H]1C2. The molecule has 0 heterocycles. The standard InChI is InChI=1S/C26H32N2O7/c1-4-5-6-7-12-10-16(28(2)3)15-9-13-8-14-11-17(29)20(25(27)34)24(33)26(14,35)23(32)18(13)22(31)19(15)21(12)30/h10,13-14,29-30,32,35H,4-9,11H2,1-3H3,(H2,27,34)/t13-,14+,26+/m1/s1. The maximum Gasteiger partial charge on any atom is 0.255 e. The minimum Gasteiger partial charge on any atom is -0.511 e. The van der Waals surface area contributed by atoms with Crippen molar-refractivity contribution in [2.75, 3.05) is 19.0 Å². The van der Waals surface area contributed by atoms with Crippen LogP contribution in [0.4, 0.5) is 5.69 Å². The number of aryl methyl sites for hydroxylation is 1. The van der Waals surface area contributed by atoms with Crippen LogP contribution in [0.3, 0.4) is 0 Å². The van der Waals surface area contributed by atoms with Gasteiger partial charge in [-0.2, -0.15) is 0 Å². The second-order valence-corrected chi connectivity index (χ2v) is 10.0. The number of carbonyl (C=O) groups excluding carboxylic acids is 3. The molecule has 0 spiro atoms. The summed E-state index contributed by atoms with van der Waals surface area (Å²) in [4.78, 5) is 40.5. The molecule has 3 atom stereocenters. The molecule has 4 rings (SSSR count). The highest BCUT2D eigenvalue weighted by atomic mass is 16.3. The predicted octanol–water partition coefficient (Wildman–Crippen LogP) is 2.38. The van der Waals surface area contributed by atoms with Gasteiger partial charge in [-0.05, 0) is 48.8 Å². The minimum atomic E-state index is -2.55. The average Bonchev–Trinajstić information content (AvgIpc) is 2.77. The Hall–Kier alpha value is -3.33. The molecule has 1 amide bonds.